The van der Waals surface area contributed by atoms with Crippen LogP contribution in [-0.2, 0) is 6.54 Å². The fourth-order valence-electron chi connectivity index (χ4n) is 1.90. The van der Waals surface area contributed by atoms with Crippen LogP contribution in [0.1, 0.15) is 12.1 Å². The molecule has 2 aromatic rings. The molecule has 0 atom stereocenters. The Morgan fingerprint density at radius 3 is 3.06 bits per heavy atom. The third-order valence-electron chi connectivity index (χ3n) is 2.80. The summed E-state index contributed by atoms with van der Waals surface area (Å²) in [5, 5.41) is 0. The molecule has 96 valence electrons. The minimum atomic E-state index is -0.0391. The van der Waals surface area contributed by atoms with Crippen LogP contribution in [0.5, 0.6) is 0 Å². The standard InChI is InChI=1S/C13H18N4O/c1-16(7-4-6-14)10-11-9-13(18)17-8-3-2-5-12(17)15-11/h2-3,5,8-9H,4,6-7,10,14H2,1H3. The Morgan fingerprint density at radius 2 is 2.28 bits per heavy atom. The highest BCUT2D eigenvalue weighted by molar-refractivity contribution is 5.37. The molecular weight excluding hydrogens is 228 g/mol. The van der Waals surface area contributed by atoms with E-state index >= 15 is 0 Å². The summed E-state index contributed by atoms with van der Waals surface area (Å²) in [5.41, 5.74) is 6.92. The van der Waals surface area contributed by atoms with Gasteiger partial charge in [-0.15, -0.1) is 0 Å². The second-order valence-corrected chi connectivity index (χ2v) is 4.39. The highest BCUT2D eigenvalue weighted by Gasteiger charge is 2.04. The van der Waals surface area contributed by atoms with Gasteiger partial charge in [-0.25, -0.2) is 4.98 Å². The monoisotopic (exact) mass is 246 g/mol. The fourth-order valence-corrected chi connectivity index (χ4v) is 1.90. The molecule has 0 saturated carbocycles. The zero-order valence-corrected chi connectivity index (χ0v) is 10.5. The smallest absolute Gasteiger partial charge is 0.258 e. The molecule has 2 N–H and O–H groups in total. The molecule has 5 heteroatoms. The number of pyridine rings is 1. The van der Waals surface area contributed by atoms with Crippen molar-refractivity contribution in [3.05, 3.63) is 46.5 Å². The molecule has 0 aromatic carbocycles. The second kappa shape index (κ2) is 5.75. The van der Waals surface area contributed by atoms with Crippen LogP contribution in [0.3, 0.4) is 0 Å². The van der Waals surface area contributed by atoms with Crippen molar-refractivity contribution in [3.63, 3.8) is 0 Å². The summed E-state index contributed by atoms with van der Waals surface area (Å²) in [7, 11) is 2.00. The van der Waals surface area contributed by atoms with Crippen LogP contribution in [0.15, 0.2) is 35.3 Å². The van der Waals surface area contributed by atoms with Crippen molar-refractivity contribution in [3.8, 4) is 0 Å². The van der Waals surface area contributed by atoms with E-state index in [9.17, 15) is 4.79 Å². The Bertz CT molecular complexity index is 578. The molecule has 5 nitrogen and oxygen atoms in total. The zero-order chi connectivity index (χ0) is 13.0. The van der Waals surface area contributed by atoms with Gasteiger partial charge in [0.2, 0.25) is 0 Å². The van der Waals surface area contributed by atoms with Gasteiger partial charge in [0.25, 0.3) is 5.56 Å². The van der Waals surface area contributed by atoms with Gasteiger partial charge >= 0.3 is 0 Å². The molecule has 2 heterocycles. The molecule has 0 spiro atoms. The number of fused-ring (bicyclic) bond motifs is 1. The first-order chi connectivity index (χ1) is 8.70. The van der Waals surface area contributed by atoms with E-state index in [4.69, 9.17) is 5.73 Å². The number of nitrogens with two attached hydrogens (primary N) is 1. The van der Waals surface area contributed by atoms with Crippen LogP contribution < -0.4 is 11.3 Å². The van der Waals surface area contributed by atoms with Crippen LogP contribution >= 0.6 is 0 Å². The van der Waals surface area contributed by atoms with Gasteiger partial charge in [0.05, 0.1) is 5.69 Å². The number of hydrogen-bond donors (Lipinski definition) is 1. The predicted octanol–water partition coefficient (Wildman–Crippen LogP) is 0.475. The van der Waals surface area contributed by atoms with Crippen molar-refractivity contribution >= 4 is 5.65 Å². The molecule has 0 unspecified atom stereocenters. The van der Waals surface area contributed by atoms with Crippen molar-refractivity contribution < 1.29 is 0 Å². The zero-order valence-electron chi connectivity index (χ0n) is 10.5. The normalized spacial score (nSPS) is 11.3. The maximum absolute atomic E-state index is 11.9. The second-order valence-electron chi connectivity index (χ2n) is 4.39. The summed E-state index contributed by atoms with van der Waals surface area (Å²) < 4.78 is 1.55. The summed E-state index contributed by atoms with van der Waals surface area (Å²) in [6, 6.07) is 7.13. The van der Waals surface area contributed by atoms with E-state index in [2.05, 4.69) is 9.88 Å². The number of nitrogens with zero attached hydrogens (tertiary/aromatic N) is 3. The molecule has 0 amide bonds. The summed E-state index contributed by atoms with van der Waals surface area (Å²) in [5.74, 6) is 0. The Hall–Kier alpha value is -1.72. The summed E-state index contributed by atoms with van der Waals surface area (Å²) >= 11 is 0. The van der Waals surface area contributed by atoms with Gasteiger partial charge in [-0.3, -0.25) is 9.20 Å². The summed E-state index contributed by atoms with van der Waals surface area (Å²) in [6.07, 6.45) is 2.68. The molecule has 2 rings (SSSR count). The third-order valence-corrected chi connectivity index (χ3v) is 2.80. The number of hydrogen-bond acceptors (Lipinski definition) is 4. The molecule has 0 radical (unpaired) electrons. The number of aromatic nitrogens is 2. The molecule has 0 aliphatic carbocycles. The van der Waals surface area contributed by atoms with E-state index in [1.54, 1.807) is 16.7 Å². The summed E-state index contributed by atoms with van der Waals surface area (Å²) in [6.45, 7) is 2.26. The van der Waals surface area contributed by atoms with Gasteiger partial charge in [-0.1, -0.05) is 6.07 Å². The van der Waals surface area contributed by atoms with E-state index in [0.717, 1.165) is 18.7 Å². The van der Waals surface area contributed by atoms with Crippen LogP contribution in [0, 0.1) is 0 Å². The Labute approximate surface area is 106 Å². The Kier molecular flexibility index (Phi) is 4.07. The Balaban J connectivity index is 2.22. The molecule has 18 heavy (non-hydrogen) atoms. The summed E-state index contributed by atoms with van der Waals surface area (Å²) in [4.78, 5) is 18.5. The van der Waals surface area contributed by atoms with Gasteiger partial charge in [0, 0.05) is 18.8 Å². The lowest BCUT2D eigenvalue weighted by molar-refractivity contribution is 0.320. The first-order valence-electron chi connectivity index (χ1n) is 6.06. The van der Waals surface area contributed by atoms with Gasteiger partial charge in [0.1, 0.15) is 5.65 Å². The van der Waals surface area contributed by atoms with E-state index in [1.807, 2.05) is 25.2 Å². The highest BCUT2D eigenvalue weighted by atomic mass is 16.1. The lowest BCUT2D eigenvalue weighted by Gasteiger charge is -2.15. The minimum absolute atomic E-state index is 0.0391. The van der Waals surface area contributed by atoms with Gasteiger partial charge in [0.15, 0.2) is 0 Å². The fraction of sp³-hybridized carbons (Fsp3) is 0.385. The van der Waals surface area contributed by atoms with Gasteiger partial charge < -0.3 is 10.6 Å². The molecule has 0 saturated heterocycles. The van der Waals surface area contributed by atoms with E-state index in [-0.39, 0.29) is 5.56 Å². The van der Waals surface area contributed by atoms with Gasteiger partial charge in [-0.2, -0.15) is 0 Å². The van der Waals surface area contributed by atoms with Crippen molar-refractivity contribution in [1.82, 2.24) is 14.3 Å². The van der Waals surface area contributed by atoms with Crippen LogP contribution in [-0.4, -0.2) is 34.4 Å². The molecule has 2 aromatic heterocycles. The van der Waals surface area contributed by atoms with E-state index < -0.39 is 0 Å². The highest BCUT2D eigenvalue weighted by Crippen LogP contribution is 2.01. The van der Waals surface area contributed by atoms with E-state index in [0.29, 0.717) is 18.7 Å². The molecule has 0 aliphatic heterocycles. The largest absolute Gasteiger partial charge is 0.330 e. The van der Waals surface area contributed by atoms with Crippen molar-refractivity contribution in [2.75, 3.05) is 20.1 Å². The predicted molar refractivity (Wildman–Crippen MR) is 71.5 cm³/mol. The Morgan fingerprint density at radius 1 is 1.44 bits per heavy atom. The van der Waals surface area contributed by atoms with E-state index in [1.165, 1.54) is 0 Å². The van der Waals surface area contributed by atoms with Crippen LogP contribution in [0.2, 0.25) is 0 Å². The SMILES string of the molecule is CN(CCCN)Cc1cc(=O)n2ccccc2n1. The molecule has 0 aliphatic rings. The first-order valence-corrected chi connectivity index (χ1v) is 6.06. The van der Waals surface area contributed by atoms with Crippen LogP contribution in [0.4, 0.5) is 0 Å². The first kappa shape index (κ1) is 12.7. The maximum Gasteiger partial charge on any atom is 0.258 e. The van der Waals surface area contributed by atoms with Crippen LogP contribution in [0.25, 0.3) is 5.65 Å². The van der Waals surface area contributed by atoms with Crippen molar-refractivity contribution in [1.29, 1.82) is 0 Å². The quantitative estimate of drug-likeness (QED) is 0.833. The third kappa shape index (κ3) is 2.94. The lowest BCUT2D eigenvalue weighted by Crippen LogP contribution is -2.24. The minimum Gasteiger partial charge on any atom is -0.330 e. The molecular formula is C13H18N4O. The number of rotatable bonds is 5. The van der Waals surface area contributed by atoms with Crippen molar-refractivity contribution in [2.24, 2.45) is 5.73 Å². The topological polar surface area (TPSA) is 63.6 Å². The maximum atomic E-state index is 11.9. The lowest BCUT2D eigenvalue weighted by atomic mass is 10.3. The van der Waals surface area contributed by atoms with Gasteiger partial charge in [-0.05, 0) is 38.7 Å². The molecule has 0 bridgehead atoms. The van der Waals surface area contributed by atoms with Crippen molar-refractivity contribution in [2.45, 2.75) is 13.0 Å². The average Bonchev–Trinajstić information content (AvgIpc) is 2.36. The average molecular weight is 246 g/mol. The molecule has 0 fully saturated rings.